The summed E-state index contributed by atoms with van der Waals surface area (Å²) < 4.78 is 0. The van der Waals surface area contributed by atoms with Gasteiger partial charge < -0.3 is 15.1 Å². The number of piperidine rings is 1. The molecule has 3 amide bonds. The van der Waals surface area contributed by atoms with Crippen LogP contribution in [0.3, 0.4) is 0 Å². The second kappa shape index (κ2) is 9.68. The van der Waals surface area contributed by atoms with Crippen molar-refractivity contribution in [1.82, 2.24) is 14.7 Å². The lowest BCUT2D eigenvalue weighted by molar-refractivity contribution is -0.140. The summed E-state index contributed by atoms with van der Waals surface area (Å²) in [6.45, 7) is 6.19. The molecule has 1 aromatic rings. The molecule has 7 nitrogen and oxygen atoms in total. The topological polar surface area (TPSA) is 73.0 Å². The highest BCUT2D eigenvalue weighted by Gasteiger charge is 2.30. The third-order valence-electron chi connectivity index (χ3n) is 5.61. The first-order valence-electron chi connectivity index (χ1n) is 10.1. The molecule has 7 heteroatoms. The number of carbonyl (C=O) groups excluding carboxylic acids is 3. The van der Waals surface area contributed by atoms with E-state index in [1.165, 1.54) is 0 Å². The monoisotopic (exact) mass is 386 g/mol. The van der Waals surface area contributed by atoms with E-state index in [0.29, 0.717) is 32.7 Å². The lowest BCUT2D eigenvalue weighted by Gasteiger charge is -2.33. The number of anilines is 1. The van der Waals surface area contributed by atoms with Crippen LogP contribution < -0.4 is 5.32 Å². The first kappa shape index (κ1) is 20.3. The standard InChI is InChI=1S/C21H30N4O3/c1-17(26)24-12-8-18(9-13-24)21(28)25-11-5-10-23(14-15-25)16-20(27)22-19-6-3-2-4-7-19/h2-4,6-7,18H,5,8-16H2,1H3,(H,22,27). The summed E-state index contributed by atoms with van der Waals surface area (Å²) in [7, 11) is 0. The summed E-state index contributed by atoms with van der Waals surface area (Å²) in [6, 6.07) is 9.45. The summed E-state index contributed by atoms with van der Waals surface area (Å²) in [5.41, 5.74) is 0.802. The number of hydrogen-bond donors (Lipinski definition) is 1. The van der Waals surface area contributed by atoms with Gasteiger partial charge in [-0.15, -0.1) is 0 Å². The molecule has 0 aromatic heterocycles. The Balaban J connectivity index is 1.45. The fraction of sp³-hybridized carbons (Fsp3) is 0.571. The van der Waals surface area contributed by atoms with E-state index < -0.39 is 0 Å². The summed E-state index contributed by atoms with van der Waals surface area (Å²) >= 11 is 0. The average molecular weight is 386 g/mol. The molecule has 2 saturated heterocycles. The fourth-order valence-corrected chi connectivity index (χ4v) is 3.97. The molecule has 0 bridgehead atoms. The van der Waals surface area contributed by atoms with Gasteiger partial charge in [0.05, 0.1) is 6.54 Å². The number of nitrogens with zero attached hydrogens (tertiary/aromatic N) is 3. The Morgan fingerprint density at radius 2 is 1.64 bits per heavy atom. The van der Waals surface area contributed by atoms with E-state index in [4.69, 9.17) is 0 Å². The van der Waals surface area contributed by atoms with Crippen molar-refractivity contribution in [2.45, 2.75) is 26.2 Å². The number of benzene rings is 1. The van der Waals surface area contributed by atoms with Gasteiger partial charge in [-0.25, -0.2) is 0 Å². The Bertz CT molecular complexity index is 686. The van der Waals surface area contributed by atoms with Crippen LogP contribution >= 0.6 is 0 Å². The van der Waals surface area contributed by atoms with Crippen molar-refractivity contribution in [3.8, 4) is 0 Å². The van der Waals surface area contributed by atoms with Crippen LogP contribution in [0.25, 0.3) is 0 Å². The number of carbonyl (C=O) groups is 3. The van der Waals surface area contributed by atoms with Crippen LogP contribution in [0.1, 0.15) is 26.2 Å². The molecule has 152 valence electrons. The van der Waals surface area contributed by atoms with E-state index >= 15 is 0 Å². The first-order chi connectivity index (χ1) is 13.5. The molecule has 0 unspecified atom stereocenters. The zero-order valence-electron chi connectivity index (χ0n) is 16.6. The van der Waals surface area contributed by atoms with Crippen molar-refractivity contribution >= 4 is 23.4 Å². The molecule has 1 N–H and O–H groups in total. The zero-order chi connectivity index (χ0) is 19.9. The lowest BCUT2D eigenvalue weighted by Crippen LogP contribution is -2.45. The van der Waals surface area contributed by atoms with Crippen molar-refractivity contribution in [1.29, 1.82) is 0 Å². The molecule has 0 atom stereocenters. The number of amides is 3. The second-order valence-electron chi connectivity index (χ2n) is 7.65. The summed E-state index contributed by atoms with van der Waals surface area (Å²) in [6.07, 6.45) is 2.37. The molecular weight excluding hydrogens is 356 g/mol. The predicted octanol–water partition coefficient (Wildman–Crippen LogP) is 1.42. The molecular formula is C21H30N4O3. The van der Waals surface area contributed by atoms with E-state index in [1.807, 2.05) is 40.1 Å². The van der Waals surface area contributed by atoms with Crippen LogP contribution in [0.2, 0.25) is 0 Å². The van der Waals surface area contributed by atoms with Gasteiger partial charge in [0, 0.05) is 57.8 Å². The van der Waals surface area contributed by atoms with Crippen molar-refractivity contribution in [2.75, 3.05) is 51.1 Å². The Morgan fingerprint density at radius 1 is 0.929 bits per heavy atom. The van der Waals surface area contributed by atoms with E-state index in [2.05, 4.69) is 10.2 Å². The van der Waals surface area contributed by atoms with Crippen LogP contribution in [0, 0.1) is 5.92 Å². The maximum absolute atomic E-state index is 12.9. The Hall–Kier alpha value is -2.41. The van der Waals surface area contributed by atoms with Gasteiger partial charge in [-0.3, -0.25) is 19.3 Å². The smallest absolute Gasteiger partial charge is 0.238 e. The Labute approximate surface area is 166 Å². The molecule has 2 heterocycles. The molecule has 2 aliphatic rings. The molecule has 3 rings (SSSR count). The molecule has 0 radical (unpaired) electrons. The van der Waals surface area contributed by atoms with Crippen LogP contribution in [0.15, 0.2) is 30.3 Å². The minimum Gasteiger partial charge on any atom is -0.343 e. The SMILES string of the molecule is CC(=O)N1CCC(C(=O)N2CCCN(CC(=O)Nc3ccccc3)CC2)CC1. The molecule has 1 aromatic carbocycles. The van der Waals surface area contributed by atoms with E-state index in [-0.39, 0.29) is 23.6 Å². The van der Waals surface area contributed by atoms with Gasteiger partial charge in [0.15, 0.2) is 0 Å². The van der Waals surface area contributed by atoms with Gasteiger partial charge >= 0.3 is 0 Å². The first-order valence-corrected chi connectivity index (χ1v) is 10.1. The van der Waals surface area contributed by atoms with Gasteiger partial charge in [0.1, 0.15) is 0 Å². The molecule has 2 aliphatic heterocycles. The summed E-state index contributed by atoms with van der Waals surface area (Å²) in [5, 5.41) is 2.92. The molecule has 2 fully saturated rings. The average Bonchev–Trinajstić information content (AvgIpc) is 2.93. The number of rotatable bonds is 4. The van der Waals surface area contributed by atoms with E-state index in [0.717, 1.165) is 38.0 Å². The highest BCUT2D eigenvalue weighted by atomic mass is 16.2. The second-order valence-corrected chi connectivity index (χ2v) is 7.65. The van der Waals surface area contributed by atoms with Crippen LogP contribution in [0.4, 0.5) is 5.69 Å². The van der Waals surface area contributed by atoms with Gasteiger partial charge in [-0.2, -0.15) is 0 Å². The summed E-state index contributed by atoms with van der Waals surface area (Å²) in [5.74, 6) is 0.287. The maximum atomic E-state index is 12.9. The Kier molecular flexibility index (Phi) is 7.03. The van der Waals surface area contributed by atoms with Gasteiger partial charge in [-0.05, 0) is 31.4 Å². The predicted molar refractivity (Wildman–Crippen MR) is 108 cm³/mol. The maximum Gasteiger partial charge on any atom is 0.238 e. The summed E-state index contributed by atoms with van der Waals surface area (Å²) in [4.78, 5) is 42.5. The van der Waals surface area contributed by atoms with Gasteiger partial charge in [0.2, 0.25) is 17.7 Å². The number of likely N-dealkylation sites (tertiary alicyclic amines) is 1. The van der Waals surface area contributed by atoms with Crippen molar-refractivity contribution < 1.29 is 14.4 Å². The molecule has 0 spiro atoms. The van der Waals surface area contributed by atoms with E-state index in [9.17, 15) is 14.4 Å². The normalized spacial score (nSPS) is 19.2. The third kappa shape index (κ3) is 5.55. The van der Waals surface area contributed by atoms with Crippen molar-refractivity contribution in [3.63, 3.8) is 0 Å². The van der Waals surface area contributed by atoms with Crippen molar-refractivity contribution in [2.24, 2.45) is 5.92 Å². The van der Waals surface area contributed by atoms with Gasteiger partial charge in [0.25, 0.3) is 0 Å². The molecule has 0 aliphatic carbocycles. The van der Waals surface area contributed by atoms with Crippen molar-refractivity contribution in [3.05, 3.63) is 30.3 Å². The molecule has 0 saturated carbocycles. The van der Waals surface area contributed by atoms with Gasteiger partial charge in [-0.1, -0.05) is 18.2 Å². The third-order valence-corrected chi connectivity index (χ3v) is 5.61. The van der Waals surface area contributed by atoms with Crippen LogP contribution in [-0.2, 0) is 14.4 Å². The quantitative estimate of drug-likeness (QED) is 0.849. The lowest BCUT2D eigenvalue weighted by atomic mass is 9.95. The minimum atomic E-state index is -0.0254. The fourth-order valence-electron chi connectivity index (χ4n) is 3.97. The number of hydrogen-bond acceptors (Lipinski definition) is 4. The zero-order valence-corrected chi connectivity index (χ0v) is 16.6. The van der Waals surface area contributed by atoms with Crippen LogP contribution in [-0.4, -0.2) is 78.2 Å². The van der Waals surface area contributed by atoms with Crippen LogP contribution in [0.5, 0.6) is 0 Å². The highest BCUT2D eigenvalue weighted by molar-refractivity contribution is 5.92. The highest BCUT2D eigenvalue weighted by Crippen LogP contribution is 2.20. The van der Waals surface area contributed by atoms with E-state index in [1.54, 1.807) is 6.92 Å². The molecule has 28 heavy (non-hydrogen) atoms. The number of para-hydroxylation sites is 1. The largest absolute Gasteiger partial charge is 0.343 e. The Morgan fingerprint density at radius 3 is 2.32 bits per heavy atom. The number of nitrogens with one attached hydrogen (secondary N) is 1. The minimum absolute atomic E-state index is 0.0172.